The second-order valence-electron chi connectivity index (χ2n) is 21.4. The van der Waals surface area contributed by atoms with Crippen LogP contribution in [0.1, 0.15) is 341 Å². The highest BCUT2D eigenvalue weighted by Gasteiger charge is 2.20. The summed E-state index contributed by atoms with van der Waals surface area (Å²) < 4.78 is 5.44. The molecule has 2 atom stereocenters. The molecule has 0 saturated heterocycles. The molecule has 0 aromatic carbocycles. The van der Waals surface area contributed by atoms with E-state index in [0.29, 0.717) is 25.9 Å². The lowest BCUT2D eigenvalue weighted by molar-refractivity contribution is -0.143. The molecule has 0 rings (SSSR count). The van der Waals surface area contributed by atoms with Gasteiger partial charge >= 0.3 is 5.97 Å². The highest BCUT2D eigenvalue weighted by atomic mass is 16.5. The van der Waals surface area contributed by atoms with Gasteiger partial charge in [0.2, 0.25) is 5.91 Å². The number of carbonyl (C=O) groups is 2. The monoisotopic (exact) mass is 972 g/mol. The summed E-state index contributed by atoms with van der Waals surface area (Å²) >= 11 is 0. The largest absolute Gasteiger partial charge is 0.466 e. The first-order valence-electron chi connectivity index (χ1n) is 31.1. The molecule has 6 nitrogen and oxygen atoms in total. The van der Waals surface area contributed by atoms with E-state index in [1.807, 2.05) is 0 Å². The lowest BCUT2D eigenvalue weighted by Gasteiger charge is -2.22. The Balaban J connectivity index is 3.48. The predicted octanol–water partition coefficient (Wildman–Crippen LogP) is 19.4. The Morgan fingerprint density at radius 1 is 0.406 bits per heavy atom. The van der Waals surface area contributed by atoms with Gasteiger partial charge in [-0.15, -0.1) is 0 Å². The summed E-state index contributed by atoms with van der Waals surface area (Å²) in [7, 11) is 0. The topological polar surface area (TPSA) is 95.9 Å². The number of unbranched alkanes of at least 4 members (excludes halogenated alkanes) is 43. The summed E-state index contributed by atoms with van der Waals surface area (Å²) in [5, 5.41) is 23.4. The summed E-state index contributed by atoms with van der Waals surface area (Å²) in [5.74, 6) is -0.0625. The molecule has 0 bridgehead atoms. The average Bonchev–Trinajstić information content (AvgIpc) is 3.35. The highest BCUT2D eigenvalue weighted by Crippen LogP contribution is 2.18. The fourth-order valence-electron chi connectivity index (χ4n) is 9.73. The van der Waals surface area contributed by atoms with Crippen molar-refractivity contribution in [3.63, 3.8) is 0 Å². The minimum atomic E-state index is -0.676. The van der Waals surface area contributed by atoms with Crippen LogP contribution in [0.15, 0.2) is 24.3 Å². The van der Waals surface area contributed by atoms with E-state index in [-0.39, 0.29) is 18.5 Å². The third-order valence-electron chi connectivity index (χ3n) is 14.5. The molecule has 0 spiro atoms. The van der Waals surface area contributed by atoms with Gasteiger partial charge in [-0.25, -0.2) is 0 Å². The molecule has 6 heteroatoms. The molecule has 2 unspecified atom stereocenters. The normalized spacial score (nSPS) is 12.7. The van der Waals surface area contributed by atoms with E-state index in [1.165, 1.54) is 225 Å². The molecule has 0 aromatic heterocycles. The van der Waals surface area contributed by atoms with E-state index in [4.69, 9.17) is 4.74 Å². The van der Waals surface area contributed by atoms with E-state index in [1.54, 1.807) is 0 Å². The molecule has 0 aliphatic rings. The van der Waals surface area contributed by atoms with Crippen molar-refractivity contribution in [3.8, 4) is 0 Å². The predicted molar refractivity (Wildman–Crippen MR) is 301 cm³/mol. The Labute approximate surface area is 431 Å². The first-order valence-corrected chi connectivity index (χ1v) is 31.1. The number of hydrogen-bond acceptors (Lipinski definition) is 5. The van der Waals surface area contributed by atoms with Gasteiger partial charge in [-0.3, -0.25) is 9.59 Å². The third kappa shape index (κ3) is 55.5. The van der Waals surface area contributed by atoms with Crippen LogP contribution >= 0.6 is 0 Å². The number of allylic oxidation sites excluding steroid dienone is 4. The van der Waals surface area contributed by atoms with Crippen LogP contribution < -0.4 is 5.32 Å². The van der Waals surface area contributed by atoms with E-state index >= 15 is 0 Å². The lowest BCUT2D eigenvalue weighted by Crippen LogP contribution is -2.45. The van der Waals surface area contributed by atoms with Crippen LogP contribution in [0, 0.1) is 0 Å². The van der Waals surface area contributed by atoms with Gasteiger partial charge in [0.15, 0.2) is 0 Å². The van der Waals surface area contributed by atoms with Gasteiger partial charge in [0.05, 0.1) is 25.4 Å². The van der Waals surface area contributed by atoms with Crippen molar-refractivity contribution in [2.45, 2.75) is 353 Å². The molecule has 408 valence electrons. The van der Waals surface area contributed by atoms with Crippen molar-refractivity contribution in [1.82, 2.24) is 5.32 Å². The van der Waals surface area contributed by atoms with Gasteiger partial charge in [0, 0.05) is 12.8 Å². The van der Waals surface area contributed by atoms with Crippen molar-refractivity contribution in [2.75, 3.05) is 13.2 Å². The number of aliphatic hydroxyl groups is 2. The highest BCUT2D eigenvalue weighted by molar-refractivity contribution is 5.76. The number of amides is 1. The molecule has 69 heavy (non-hydrogen) atoms. The van der Waals surface area contributed by atoms with Gasteiger partial charge in [-0.05, 0) is 64.2 Å². The lowest BCUT2D eigenvalue weighted by atomic mass is 10.0. The van der Waals surface area contributed by atoms with Gasteiger partial charge < -0.3 is 20.3 Å². The van der Waals surface area contributed by atoms with E-state index in [9.17, 15) is 19.8 Å². The fourth-order valence-corrected chi connectivity index (χ4v) is 9.73. The van der Waals surface area contributed by atoms with Crippen LogP contribution in [-0.2, 0) is 14.3 Å². The summed E-state index contributed by atoms with van der Waals surface area (Å²) in [5.41, 5.74) is 0. The van der Waals surface area contributed by atoms with Crippen molar-refractivity contribution >= 4 is 11.9 Å². The van der Waals surface area contributed by atoms with Crippen LogP contribution in [0.2, 0.25) is 0 Å². The number of rotatable bonds is 58. The first kappa shape index (κ1) is 67.3. The fraction of sp³-hybridized carbons (Fsp3) is 0.905. The molecule has 0 heterocycles. The van der Waals surface area contributed by atoms with Crippen LogP contribution in [-0.4, -0.2) is 47.4 Å². The van der Waals surface area contributed by atoms with Crippen LogP contribution in [0.3, 0.4) is 0 Å². The zero-order valence-electron chi connectivity index (χ0n) is 46.6. The molecule has 3 N–H and O–H groups in total. The third-order valence-corrected chi connectivity index (χ3v) is 14.5. The van der Waals surface area contributed by atoms with E-state index in [0.717, 1.165) is 83.5 Å². The molecule has 0 fully saturated rings. The van der Waals surface area contributed by atoms with Crippen LogP contribution in [0.25, 0.3) is 0 Å². The molecule has 1 amide bonds. The van der Waals surface area contributed by atoms with E-state index < -0.39 is 12.1 Å². The Kier molecular flexibility index (Phi) is 57.5. The summed E-state index contributed by atoms with van der Waals surface area (Å²) in [6.07, 6.45) is 71.9. The van der Waals surface area contributed by atoms with Crippen molar-refractivity contribution in [1.29, 1.82) is 0 Å². The molecular weight excluding hydrogens is 851 g/mol. The summed E-state index contributed by atoms with van der Waals surface area (Å²) in [4.78, 5) is 24.5. The minimum absolute atomic E-state index is 0.0151. The SMILES string of the molecule is CCCCCCCCCCCCCCCCCCCCCCCCCCC(O)C(CO)NC(=O)CCCCCCCCC/C=C\C/C=C\CCCCCOC(=O)CCCCCCCCCCCCC. The Morgan fingerprint density at radius 3 is 1.10 bits per heavy atom. The molecular formula is C63H121NO5. The Morgan fingerprint density at radius 2 is 0.725 bits per heavy atom. The van der Waals surface area contributed by atoms with Crippen molar-refractivity contribution in [3.05, 3.63) is 24.3 Å². The summed E-state index contributed by atoms with van der Waals surface area (Å²) in [6.45, 7) is 4.93. The molecule has 0 saturated carbocycles. The maximum absolute atomic E-state index is 12.5. The number of esters is 1. The Hall–Kier alpha value is -1.66. The second kappa shape index (κ2) is 58.9. The zero-order valence-corrected chi connectivity index (χ0v) is 46.6. The number of aliphatic hydroxyl groups excluding tert-OH is 2. The molecule has 0 aromatic rings. The second-order valence-corrected chi connectivity index (χ2v) is 21.4. The van der Waals surface area contributed by atoms with Gasteiger partial charge in [0.1, 0.15) is 0 Å². The van der Waals surface area contributed by atoms with Crippen LogP contribution in [0.5, 0.6) is 0 Å². The average molecular weight is 973 g/mol. The number of ether oxygens (including phenoxy) is 1. The smallest absolute Gasteiger partial charge is 0.305 e. The van der Waals surface area contributed by atoms with Gasteiger partial charge in [-0.1, -0.05) is 289 Å². The number of carbonyl (C=O) groups excluding carboxylic acids is 2. The molecule has 0 aliphatic carbocycles. The Bertz CT molecular complexity index is 1080. The van der Waals surface area contributed by atoms with Gasteiger partial charge in [0.25, 0.3) is 0 Å². The van der Waals surface area contributed by atoms with Gasteiger partial charge in [-0.2, -0.15) is 0 Å². The maximum atomic E-state index is 12.5. The van der Waals surface area contributed by atoms with E-state index in [2.05, 4.69) is 43.5 Å². The molecule has 0 aliphatic heterocycles. The first-order chi connectivity index (χ1) is 34.0. The quantitative estimate of drug-likeness (QED) is 0.0321. The van der Waals surface area contributed by atoms with Crippen molar-refractivity contribution in [2.24, 2.45) is 0 Å². The zero-order chi connectivity index (χ0) is 50.0. The minimum Gasteiger partial charge on any atom is -0.466 e. The maximum Gasteiger partial charge on any atom is 0.305 e. The number of nitrogens with one attached hydrogen (secondary N) is 1. The molecule has 0 radical (unpaired) electrons. The van der Waals surface area contributed by atoms with Crippen LogP contribution in [0.4, 0.5) is 0 Å². The summed E-state index contributed by atoms with van der Waals surface area (Å²) in [6, 6.07) is -0.554. The standard InChI is InChI=1S/C63H121NO5/c1-3-5-7-9-11-13-15-16-17-18-19-20-21-22-23-24-26-29-32-36-39-43-47-51-55-61(66)60(59-65)64-62(67)56-52-48-44-40-37-33-30-27-25-28-31-34-38-42-46-50-54-58-69-63(68)57-53-49-45-41-35-14-12-10-8-6-4-2/h25,28,34,38,60-61,65-66H,3-24,26-27,29-33,35-37,39-59H2,1-2H3,(H,64,67)/b28-25-,38-34-. The van der Waals surface area contributed by atoms with Crippen molar-refractivity contribution < 1.29 is 24.5 Å². The number of hydrogen-bond donors (Lipinski definition) is 3.